The van der Waals surface area contributed by atoms with Crippen molar-refractivity contribution in [2.75, 3.05) is 17.6 Å². The number of anilines is 2. The standard InChI is InChI=1S/C19H19N3O3/c1-12-15(20)8-4-9-16(12)21-17(23)10-5-11-22-18(24)13-6-2-3-7-14(13)19(22)25/h2-4,6-9H,5,10-11,20H2,1H3,(H,21,23). The van der Waals surface area contributed by atoms with E-state index in [0.717, 1.165) is 5.56 Å². The van der Waals surface area contributed by atoms with Gasteiger partial charge in [0.05, 0.1) is 11.1 Å². The molecule has 2 aromatic carbocycles. The third-order valence-electron chi connectivity index (χ3n) is 4.31. The topological polar surface area (TPSA) is 92.5 Å². The van der Waals surface area contributed by atoms with Gasteiger partial charge in [-0.1, -0.05) is 18.2 Å². The Bertz CT molecular complexity index is 826. The van der Waals surface area contributed by atoms with Gasteiger partial charge in [0.1, 0.15) is 0 Å². The van der Waals surface area contributed by atoms with Crippen LogP contribution in [0.4, 0.5) is 11.4 Å². The molecule has 3 amide bonds. The van der Waals surface area contributed by atoms with E-state index in [1.54, 1.807) is 42.5 Å². The SMILES string of the molecule is Cc1c(N)cccc1NC(=O)CCCN1C(=O)c2ccccc2C1=O. The summed E-state index contributed by atoms with van der Waals surface area (Å²) >= 11 is 0. The zero-order valence-electron chi connectivity index (χ0n) is 13.9. The minimum absolute atomic E-state index is 0.176. The average Bonchev–Trinajstić information content (AvgIpc) is 2.84. The number of carbonyl (C=O) groups excluding carboxylic acids is 3. The average molecular weight is 337 g/mol. The Morgan fingerprint density at radius 2 is 1.68 bits per heavy atom. The summed E-state index contributed by atoms with van der Waals surface area (Å²) in [6.07, 6.45) is 0.611. The van der Waals surface area contributed by atoms with E-state index in [1.165, 1.54) is 4.90 Å². The lowest BCUT2D eigenvalue weighted by molar-refractivity contribution is -0.116. The van der Waals surface area contributed by atoms with Gasteiger partial charge >= 0.3 is 0 Å². The number of rotatable bonds is 5. The molecule has 0 radical (unpaired) electrons. The van der Waals surface area contributed by atoms with E-state index >= 15 is 0 Å². The quantitative estimate of drug-likeness (QED) is 0.648. The van der Waals surface area contributed by atoms with Gasteiger partial charge in [0.2, 0.25) is 5.91 Å². The Hall–Kier alpha value is -3.15. The molecule has 0 saturated carbocycles. The summed E-state index contributed by atoms with van der Waals surface area (Å²) in [7, 11) is 0. The molecule has 0 fully saturated rings. The number of nitrogen functional groups attached to an aromatic ring is 1. The van der Waals surface area contributed by atoms with Crippen LogP contribution in [-0.4, -0.2) is 29.2 Å². The van der Waals surface area contributed by atoms with E-state index in [-0.39, 0.29) is 30.7 Å². The number of imide groups is 1. The second-order valence-electron chi connectivity index (χ2n) is 5.98. The fraction of sp³-hybridized carbons (Fsp3) is 0.211. The zero-order chi connectivity index (χ0) is 18.0. The van der Waals surface area contributed by atoms with Crippen molar-refractivity contribution in [3.63, 3.8) is 0 Å². The summed E-state index contributed by atoms with van der Waals surface area (Å²) in [5, 5.41) is 2.81. The molecule has 0 aromatic heterocycles. The number of fused-ring (bicyclic) bond motifs is 1. The molecule has 3 N–H and O–H groups in total. The molecule has 0 bridgehead atoms. The number of nitrogens with zero attached hydrogens (tertiary/aromatic N) is 1. The molecule has 1 aliphatic heterocycles. The summed E-state index contributed by atoms with van der Waals surface area (Å²) in [6, 6.07) is 12.1. The zero-order valence-corrected chi connectivity index (χ0v) is 13.9. The molecule has 1 heterocycles. The minimum Gasteiger partial charge on any atom is -0.398 e. The lowest BCUT2D eigenvalue weighted by atomic mass is 10.1. The molecule has 3 rings (SSSR count). The molecule has 0 saturated heterocycles. The second kappa shape index (κ2) is 6.76. The highest BCUT2D eigenvalue weighted by molar-refractivity contribution is 6.21. The fourth-order valence-electron chi connectivity index (χ4n) is 2.84. The van der Waals surface area contributed by atoms with Crippen LogP contribution in [0.5, 0.6) is 0 Å². The summed E-state index contributed by atoms with van der Waals surface area (Å²) < 4.78 is 0. The van der Waals surface area contributed by atoms with Gasteiger partial charge in [-0.3, -0.25) is 19.3 Å². The molecule has 6 heteroatoms. The molecule has 25 heavy (non-hydrogen) atoms. The molecule has 0 spiro atoms. The predicted molar refractivity (Wildman–Crippen MR) is 95.3 cm³/mol. The summed E-state index contributed by atoms with van der Waals surface area (Å²) in [6.45, 7) is 2.05. The Morgan fingerprint density at radius 3 is 2.32 bits per heavy atom. The van der Waals surface area contributed by atoms with Crippen LogP contribution in [0.15, 0.2) is 42.5 Å². The number of benzene rings is 2. The number of hydrogen-bond donors (Lipinski definition) is 2. The van der Waals surface area contributed by atoms with E-state index in [9.17, 15) is 14.4 Å². The maximum absolute atomic E-state index is 12.2. The van der Waals surface area contributed by atoms with Gasteiger partial charge in [-0.25, -0.2) is 0 Å². The molecule has 6 nitrogen and oxygen atoms in total. The highest BCUT2D eigenvalue weighted by atomic mass is 16.2. The van der Waals surface area contributed by atoms with Crippen molar-refractivity contribution in [2.24, 2.45) is 0 Å². The van der Waals surface area contributed by atoms with Crippen LogP contribution in [-0.2, 0) is 4.79 Å². The van der Waals surface area contributed by atoms with E-state index in [0.29, 0.717) is 28.9 Å². The van der Waals surface area contributed by atoms with Crippen LogP contribution in [0.3, 0.4) is 0 Å². The highest BCUT2D eigenvalue weighted by Crippen LogP contribution is 2.23. The molecule has 0 unspecified atom stereocenters. The minimum atomic E-state index is -0.298. The van der Waals surface area contributed by atoms with Crippen LogP contribution in [0, 0.1) is 6.92 Å². The largest absolute Gasteiger partial charge is 0.398 e. The van der Waals surface area contributed by atoms with Crippen LogP contribution in [0.1, 0.15) is 39.1 Å². The Kier molecular flexibility index (Phi) is 4.52. The third-order valence-corrected chi connectivity index (χ3v) is 4.31. The van der Waals surface area contributed by atoms with Crippen molar-refractivity contribution in [1.29, 1.82) is 0 Å². The first-order chi connectivity index (χ1) is 12.0. The van der Waals surface area contributed by atoms with Crippen LogP contribution < -0.4 is 11.1 Å². The third kappa shape index (κ3) is 3.24. The van der Waals surface area contributed by atoms with Crippen molar-refractivity contribution in [3.8, 4) is 0 Å². The predicted octanol–water partition coefficient (Wildman–Crippen LogP) is 2.59. The maximum atomic E-state index is 12.2. The molecular formula is C19H19N3O3. The van der Waals surface area contributed by atoms with Crippen molar-refractivity contribution in [1.82, 2.24) is 4.90 Å². The number of carbonyl (C=O) groups is 3. The van der Waals surface area contributed by atoms with Gasteiger partial charge in [0.15, 0.2) is 0 Å². The Labute approximate surface area is 145 Å². The number of amides is 3. The van der Waals surface area contributed by atoms with Crippen molar-refractivity contribution < 1.29 is 14.4 Å². The van der Waals surface area contributed by atoms with E-state index in [4.69, 9.17) is 5.73 Å². The first kappa shape index (κ1) is 16.7. The monoisotopic (exact) mass is 337 g/mol. The van der Waals surface area contributed by atoms with Crippen LogP contribution in [0.2, 0.25) is 0 Å². The molecular weight excluding hydrogens is 318 g/mol. The van der Waals surface area contributed by atoms with Gasteiger partial charge in [0, 0.05) is 24.3 Å². The Balaban J connectivity index is 1.55. The molecule has 1 aliphatic rings. The lowest BCUT2D eigenvalue weighted by Crippen LogP contribution is -2.31. The number of nitrogens with two attached hydrogens (primary N) is 1. The first-order valence-corrected chi connectivity index (χ1v) is 8.09. The Morgan fingerprint density at radius 1 is 1.04 bits per heavy atom. The molecule has 128 valence electrons. The van der Waals surface area contributed by atoms with Gasteiger partial charge in [0.25, 0.3) is 11.8 Å². The van der Waals surface area contributed by atoms with Crippen molar-refractivity contribution in [2.45, 2.75) is 19.8 Å². The highest BCUT2D eigenvalue weighted by Gasteiger charge is 2.34. The first-order valence-electron chi connectivity index (χ1n) is 8.09. The smallest absolute Gasteiger partial charge is 0.261 e. The maximum Gasteiger partial charge on any atom is 0.261 e. The van der Waals surface area contributed by atoms with Crippen molar-refractivity contribution >= 4 is 29.1 Å². The molecule has 2 aromatic rings. The normalized spacial score (nSPS) is 13.1. The molecule has 0 atom stereocenters. The summed E-state index contributed by atoms with van der Waals surface area (Å²) in [4.78, 5) is 37.8. The van der Waals surface area contributed by atoms with Crippen LogP contribution >= 0.6 is 0 Å². The molecule has 0 aliphatic carbocycles. The number of nitrogens with one attached hydrogen (secondary N) is 1. The van der Waals surface area contributed by atoms with Gasteiger partial charge < -0.3 is 11.1 Å². The van der Waals surface area contributed by atoms with E-state index < -0.39 is 0 Å². The fourth-order valence-corrected chi connectivity index (χ4v) is 2.84. The summed E-state index contributed by atoms with van der Waals surface area (Å²) in [5.41, 5.74) is 8.77. The van der Waals surface area contributed by atoms with Gasteiger partial charge in [-0.2, -0.15) is 0 Å². The number of hydrogen-bond acceptors (Lipinski definition) is 4. The summed E-state index contributed by atoms with van der Waals surface area (Å²) in [5.74, 6) is -0.773. The van der Waals surface area contributed by atoms with E-state index in [2.05, 4.69) is 5.32 Å². The van der Waals surface area contributed by atoms with Gasteiger partial charge in [-0.15, -0.1) is 0 Å². The van der Waals surface area contributed by atoms with Crippen molar-refractivity contribution in [3.05, 3.63) is 59.2 Å². The van der Waals surface area contributed by atoms with Crippen LogP contribution in [0.25, 0.3) is 0 Å². The lowest BCUT2D eigenvalue weighted by Gasteiger charge is -2.14. The second-order valence-corrected chi connectivity index (χ2v) is 5.98. The van der Waals surface area contributed by atoms with E-state index in [1.807, 2.05) is 6.92 Å². The van der Waals surface area contributed by atoms with Gasteiger partial charge in [-0.05, 0) is 43.2 Å².